The fraction of sp³-hybridized carbons (Fsp3) is 0.600. The average Bonchev–Trinajstić information content (AvgIpc) is 2.53. The third-order valence-corrected chi connectivity index (χ3v) is 5.41. The maximum absolute atomic E-state index is 6.21. The molecule has 2 rings (SSSR count). The van der Waals surface area contributed by atoms with Gasteiger partial charge in [0, 0.05) is 14.0 Å². The van der Waals surface area contributed by atoms with Crippen molar-refractivity contribution >= 4 is 38.5 Å². The Morgan fingerprint density at radius 2 is 2.05 bits per heavy atom. The molecular weight excluding hydrogens is 431 g/mol. The Bertz CT molecular complexity index is 505. The molecule has 1 heterocycles. The Morgan fingerprint density at radius 3 is 2.55 bits per heavy atom. The summed E-state index contributed by atoms with van der Waals surface area (Å²) in [7, 11) is 0. The zero-order chi connectivity index (χ0) is 15.1. The van der Waals surface area contributed by atoms with Crippen molar-refractivity contribution in [2.75, 3.05) is 0 Å². The Morgan fingerprint density at radius 1 is 1.40 bits per heavy atom. The maximum Gasteiger partial charge on any atom is 0.0681 e. The molecule has 0 spiro atoms. The minimum atomic E-state index is -0.207. The fourth-order valence-electron chi connectivity index (χ4n) is 3.30. The number of hydrogen-bond acceptors (Lipinski definition) is 3. The summed E-state index contributed by atoms with van der Waals surface area (Å²) >= 11 is 5.98. The van der Waals surface area contributed by atoms with Crippen LogP contribution in [0.3, 0.4) is 0 Å². The smallest absolute Gasteiger partial charge is 0.0681 e. The average molecular weight is 453 g/mol. The number of hydrogen-bond donors (Lipinski definition) is 2. The Kier molecular flexibility index (Phi) is 4.87. The summed E-state index contributed by atoms with van der Waals surface area (Å²) in [6.07, 6.45) is 0.979. The second kappa shape index (κ2) is 5.83. The van der Waals surface area contributed by atoms with Crippen LogP contribution >= 0.6 is 38.5 Å². The normalized spacial score (nSPS) is 25.6. The van der Waals surface area contributed by atoms with Gasteiger partial charge in [-0.1, -0.05) is 15.9 Å². The second-order valence-electron chi connectivity index (χ2n) is 6.59. The van der Waals surface area contributed by atoms with E-state index in [1.54, 1.807) is 0 Å². The molecule has 0 bridgehead atoms. The third-order valence-electron chi connectivity index (χ3n) is 4.02. The molecule has 1 aliphatic rings. The van der Waals surface area contributed by atoms with Crippen molar-refractivity contribution in [3.05, 3.63) is 31.8 Å². The number of halogens is 2. The number of benzene rings is 1. The minimum Gasteiger partial charge on any atom is -0.369 e. The molecule has 1 aromatic carbocycles. The van der Waals surface area contributed by atoms with Crippen molar-refractivity contribution in [3.63, 3.8) is 0 Å². The zero-order valence-corrected chi connectivity index (χ0v) is 16.1. The van der Waals surface area contributed by atoms with Crippen molar-refractivity contribution in [2.45, 2.75) is 51.4 Å². The lowest BCUT2D eigenvalue weighted by Crippen LogP contribution is -2.41. The highest BCUT2D eigenvalue weighted by molar-refractivity contribution is 14.1. The van der Waals surface area contributed by atoms with E-state index in [0.29, 0.717) is 5.92 Å². The van der Waals surface area contributed by atoms with Gasteiger partial charge in [-0.3, -0.25) is 11.3 Å². The van der Waals surface area contributed by atoms with E-state index in [-0.39, 0.29) is 17.2 Å². The van der Waals surface area contributed by atoms with Gasteiger partial charge >= 0.3 is 0 Å². The molecule has 0 radical (unpaired) electrons. The van der Waals surface area contributed by atoms with Crippen LogP contribution in [-0.4, -0.2) is 11.2 Å². The molecule has 5 heteroatoms. The number of rotatable bonds is 3. The molecule has 0 amide bonds. The van der Waals surface area contributed by atoms with Gasteiger partial charge in [0.2, 0.25) is 0 Å². The predicted octanol–water partition coefficient (Wildman–Crippen LogP) is 4.15. The van der Waals surface area contributed by atoms with Crippen molar-refractivity contribution in [1.29, 1.82) is 0 Å². The molecule has 0 aliphatic carbocycles. The summed E-state index contributed by atoms with van der Waals surface area (Å²) in [6.45, 7) is 8.59. The quantitative estimate of drug-likeness (QED) is 0.411. The van der Waals surface area contributed by atoms with Crippen LogP contribution in [0.2, 0.25) is 0 Å². The molecular formula is C15H22BrIN2O. The molecule has 2 atom stereocenters. The van der Waals surface area contributed by atoms with Gasteiger partial charge in [0.15, 0.2) is 0 Å². The molecule has 112 valence electrons. The minimum absolute atomic E-state index is 0.0656. The van der Waals surface area contributed by atoms with Gasteiger partial charge in [0.25, 0.3) is 0 Å². The number of nitrogens with one attached hydrogen (secondary N) is 1. The van der Waals surface area contributed by atoms with Gasteiger partial charge in [0.05, 0.1) is 17.2 Å². The van der Waals surface area contributed by atoms with E-state index < -0.39 is 0 Å². The predicted molar refractivity (Wildman–Crippen MR) is 94.3 cm³/mol. The lowest BCUT2D eigenvalue weighted by Gasteiger charge is -2.33. The fourth-order valence-corrected chi connectivity index (χ4v) is 4.31. The van der Waals surface area contributed by atoms with E-state index >= 15 is 0 Å². The van der Waals surface area contributed by atoms with Crippen LogP contribution in [0.5, 0.6) is 0 Å². The van der Waals surface area contributed by atoms with E-state index in [1.165, 1.54) is 9.13 Å². The van der Waals surface area contributed by atoms with Crippen LogP contribution in [0.25, 0.3) is 0 Å². The van der Waals surface area contributed by atoms with Crippen LogP contribution in [-0.2, 0) is 4.74 Å². The molecule has 20 heavy (non-hydrogen) atoms. The van der Waals surface area contributed by atoms with E-state index in [9.17, 15) is 0 Å². The van der Waals surface area contributed by atoms with E-state index in [2.05, 4.69) is 89.8 Å². The summed E-state index contributed by atoms with van der Waals surface area (Å²) in [6, 6.07) is 6.41. The van der Waals surface area contributed by atoms with Gasteiger partial charge in [0.1, 0.15) is 0 Å². The Labute approximate surface area is 143 Å². The van der Waals surface area contributed by atoms with Crippen LogP contribution in [0.4, 0.5) is 0 Å². The molecule has 1 aromatic rings. The third kappa shape index (κ3) is 3.38. The zero-order valence-electron chi connectivity index (χ0n) is 12.3. The van der Waals surface area contributed by atoms with Crippen LogP contribution in [0.1, 0.15) is 45.7 Å². The van der Waals surface area contributed by atoms with Crippen LogP contribution < -0.4 is 11.3 Å². The van der Waals surface area contributed by atoms with E-state index in [4.69, 9.17) is 10.6 Å². The van der Waals surface area contributed by atoms with Crippen LogP contribution in [0, 0.1) is 9.49 Å². The Balaban J connectivity index is 2.40. The summed E-state index contributed by atoms with van der Waals surface area (Å²) in [5.41, 5.74) is 3.88. The van der Waals surface area contributed by atoms with E-state index in [1.807, 2.05) is 0 Å². The monoisotopic (exact) mass is 452 g/mol. The van der Waals surface area contributed by atoms with Crippen LogP contribution in [0.15, 0.2) is 22.7 Å². The van der Waals surface area contributed by atoms with Gasteiger partial charge < -0.3 is 4.74 Å². The Hall–Kier alpha value is 0.310. The summed E-state index contributed by atoms with van der Waals surface area (Å²) in [4.78, 5) is 0. The SMILES string of the molecule is CC1(C)CC(C(NN)c2cc(I)ccc2Br)C(C)(C)O1. The highest BCUT2D eigenvalue weighted by Gasteiger charge is 2.49. The van der Waals surface area contributed by atoms with Crippen molar-refractivity contribution in [1.82, 2.24) is 5.43 Å². The molecule has 0 aromatic heterocycles. The molecule has 0 saturated carbocycles. The molecule has 1 aliphatic heterocycles. The lowest BCUT2D eigenvalue weighted by molar-refractivity contribution is -0.0779. The van der Waals surface area contributed by atoms with Crippen molar-refractivity contribution in [3.8, 4) is 0 Å². The highest BCUT2D eigenvalue weighted by atomic mass is 127. The summed E-state index contributed by atoms with van der Waals surface area (Å²) in [5.74, 6) is 6.20. The first-order chi connectivity index (χ1) is 9.16. The largest absolute Gasteiger partial charge is 0.369 e. The van der Waals surface area contributed by atoms with Gasteiger partial charge in [-0.2, -0.15) is 0 Å². The molecule has 1 saturated heterocycles. The number of hydrazine groups is 1. The number of nitrogens with two attached hydrogens (primary N) is 1. The van der Waals surface area contributed by atoms with Crippen molar-refractivity contribution in [2.24, 2.45) is 11.8 Å². The summed E-state index contributed by atoms with van der Waals surface area (Å²) in [5, 5.41) is 0. The maximum atomic E-state index is 6.21. The first kappa shape index (κ1) is 16.7. The van der Waals surface area contributed by atoms with Crippen molar-refractivity contribution < 1.29 is 4.74 Å². The first-order valence-electron chi connectivity index (χ1n) is 6.77. The second-order valence-corrected chi connectivity index (χ2v) is 8.69. The van der Waals surface area contributed by atoms with Gasteiger partial charge in [-0.25, -0.2) is 0 Å². The molecule has 3 nitrogen and oxygen atoms in total. The topological polar surface area (TPSA) is 47.3 Å². The van der Waals surface area contributed by atoms with E-state index in [0.717, 1.165) is 10.9 Å². The molecule has 3 N–H and O–H groups in total. The highest BCUT2D eigenvalue weighted by Crippen LogP contribution is 2.48. The standard InChI is InChI=1S/C15H22BrIN2O/c1-14(2)8-11(15(3,4)20-14)13(19-18)10-7-9(17)5-6-12(10)16/h5-7,11,13,19H,8,18H2,1-4H3. The van der Waals surface area contributed by atoms with Gasteiger partial charge in [-0.05, 0) is 80.5 Å². The lowest BCUT2D eigenvalue weighted by atomic mass is 9.79. The molecule has 2 unspecified atom stereocenters. The first-order valence-corrected chi connectivity index (χ1v) is 8.65. The van der Waals surface area contributed by atoms with Gasteiger partial charge in [-0.15, -0.1) is 0 Å². The molecule has 1 fully saturated rings. The summed E-state index contributed by atoms with van der Waals surface area (Å²) < 4.78 is 8.50. The number of ether oxygens (including phenoxy) is 1.